The Morgan fingerprint density at radius 3 is 1.89 bits per heavy atom. The van der Waals surface area contributed by atoms with Crippen LogP contribution in [0, 0.1) is 0 Å². The average molecular weight is 278 g/mol. The van der Waals surface area contributed by atoms with Gasteiger partial charge in [0.05, 0.1) is 25.0 Å². The Morgan fingerprint density at radius 1 is 1.00 bits per heavy atom. The molecule has 0 aromatic heterocycles. The summed E-state index contributed by atoms with van der Waals surface area (Å²) >= 11 is 0. The summed E-state index contributed by atoms with van der Waals surface area (Å²) in [5, 5.41) is 10.6. The summed E-state index contributed by atoms with van der Waals surface area (Å²) in [4.78, 5) is 0. The molecule has 0 aliphatic heterocycles. The lowest BCUT2D eigenvalue weighted by Crippen LogP contribution is -2.34. The number of aliphatic hydroxyl groups is 1. The van der Waals surface area contributed by atoms with Crippen LogP contribution in [0.5, 0.6) is 0 Å². The van der Waals surface area contributed by atoms with Gasteiger partial charge in [0.15, 0.2) is 0 Å². The number of hydrogen-bond donors (Lipinski definition) is 1. The van der Waals surface area contributed by atoms with Gasteiger partial charge in [0, 0.05) is 0 Å². The molecule has 1 N–H and O–H groups in total. The minimum atomic E-state index is -3.14. The van der Waals surface area contributed by atoms with Crippen LogP contribution in [0.25, 0.3) is 0 Å². The molecule has 5 heteroatoms. The second kappa shape index (κ2) is 7.64. The fourth-order valence-corrected chi connectivity index (χ4v) is 4.69. The van der Waals surface area contributed by atoms with Crippen molar-refractivity contribution in [2.75, 3.05) is 19.4 Å². The van der Waals surface area contributed by atoms with Gasteiger partial charge >= 0.3 is 7.60 Å². The van der Waals surface area contributed by atoms with Gasteiger partial charge in [-0.1, -0.05) is 32.1 Å². The third kappa shape index (κ3) is 5.40. The van der Waals surface area contributed by atoms with Crippen LogP contribution >= 0.6 is 7.60 Å². The molecule has 1 aliphatic carbocycles. The highest BCUT2D eigenvalue weighted by molar-refractivity contribution is 7.53. The largest absolute Gasteiger partial charge is 0.389 e. The van der Waals surface area contributed by atoms with Gasteiger partial charge < -0.3 is 14.2 Å². The highest BCUT2D eigenvalue weighted by atomic mass is 31.2. The first-order valence-corrected chi connectivity index (χ1v) is 8.87. The van der Waals surface area contributed by atoms with Crippen LogP contribution in [0.15, 0.2) is 0 Å². The maximum absolute atomic E-state index is 12.5. The van der Waals surface area contributed by atoms with E-state index in [0.29, 0.717) is 26.1 Å². The number of hydrogen-bond acceptors (Lipinski definition) is 4. The van der Waals surface area contributed by atoms with E-state index in [4.69, 9.17) is 9.05 Å². The molecule has 4 nitrogen and oxygen atoms in total. The summed E-state index contributed by atoms with van der Waals surface area (Å²) < 4.78 is 23.0. The SMILES string of the molecule is CCOP(=O)(CC1(O)CCCCCCC1)OCC. The van der Waals surface area contributed by atoms with Crippen LogP contribution in [0.4, 0.5) is 0 Å². The number of rotatable bonds is 6. The first-order valence-electron chi connectivity index (χ1n) is 7.14. The van der Waals surface area contributed by atoms with Gasteiger partial charge in [0.1, 0.15) is 0 Å². The van der Waals surface area contributed by atoms with Gasteiger partial charge in [-0.05, 0) is 26.7 Å². The lowest BCUT2D eigenvalue weighted by molar-refractivity contribution is 0.0288. The van der Waals surface area contributed by atoms with Crippen molar-refractivity contribution in [3.63, 3.8) is 0 Å². The summed E-state index contributed by atoms with van der Waals surface area (Å²) in [7, 11) is -3.14. The predicted octanol–water partition coefficient (Wildman–Crippen LogP) is 3.73. The van der Waals surface area contributed by atoms with Gasteiger partial charge in [0.2, 0.25) is 0 Å². The highest BCUT2D eigenvalue weighted by Gasteiger charge is 2.38. The molecule has 0 aromatic carbocycles. The lowest BCUT2D eigenvalue weighted by Gasteiger charge is -2.32. The van der Waals surface area contributed by atoms with E-state index in [0.717, 1.165) is 25.7 Å². The van der Waals surface area contributed by atoms with Crippen molar-refractivity contribution >= 4 is 7.60 Å². The Labute approximate surface area is 111 Å². The molecule has 1 rings (SSSR count). The fraction of sp³-hybridized carbons (Fsp3) is 1.00. The molecule has 0 radical (unpaired) electrons. The Kier molecular flexibility index (Phi) is 6.86. The first-order chi connectivity index (χ1) is 8.54. The van der Waals surface area contributed by atoms with Crippen molar-refractivity contribution in [3.8, 4) is 0 Å². The van der Waals surface area contributed by atoms with E-state index in [-0.39, 0.29) is 6.16 Å². The van der Waals surface area contributed by atoms with Gasteiger partial charge in [-0.15, -0.1) is 0 Å². The van der Waals surface area contributed by atoms with Crippen LogP contribution in [-0.4, -0.2) is 30.1 Å². The molecule has 0 atom stereocenters. The Balaban J connectivity index is 2.66. The van der Waals surface area contributed by atoms with Gasteiger partial charge in [-0.2, -0.15) is 0 Å². The third-order valence-corrected chi connectivity index (χ3v) is 5.70. The molecule has 108 valence electrons. The summed E-state index contributed by atoms with van der Waals surface area (Å²) in [6.07, 6.45) is 7.08. The molecule has 0 saturated heterocycles. The van der Waals surface area contributed by atoms with E-state index in [1.54, 1.807) is 13.8 Å². The van der Waals surface area contributed by atoms with Crippen molar-refractivity contribution in [2.45, 2.75) is 64.4 Å². The molecule has 0 amide bonds. The second-order valence-electron chi connectivity index (χ2n) is 5.10. The fourth-order valence-electron chi connectivity index (χ4n) is 2.60. The van der Waals surface area contributed by atoms with E-state index in [1.807, 2.05) is 0 Å². The minimum Gasteiger partial charge on any atom is -0.389 e. The quantitative estimate of drug-likeness (QED) is 0.752. The van der Waals surface area contributed by atoms with Gasteiger partial charge in [-0.25, -0.2) is 0 Å². The van der Waals surface area contributed by atoms with Crippen LogP contribution in [0.3, 0.4) is 0 Å². The molecular formula is C13H27O4P. The lowest BCUT2D eigenvalue weighted by atomic mass is 9.88. The normalized spacial score (nSPS) is 21.3. The van der Waals surface area contributed by atoms with Crippen LogP contribution in [0.2, 0.25) is 0 Å². The molecule has 1 fully saturated rings. The van der Waals surface area contributed by atoms with E-state index >= 15 is 0 Å². The topological polar surface area (TPSA) is 55.8 Å². The zero-order valence-electron chi connectivity index (χ0n) is 11.7. The van der Waals surface area contributed by atoms with E-state index in [1.165, 1.54) is 6.42 Å². The summed E-state index contributed by atoms with van der Waals surface area (Å²) in [6.45, 7) is 4.31. The molecule has 0 heterocycles. The first kappa shape index (κ1) is 16.2. The second-order valence-corrected chi connectivity index (χ2v) is 7.15. The summed E-state index contributed by atoms with van der Waals surface area (Å²) in [5.74, 6) is 0. The Morgan fingerprint density at radius 2 is 1.44 bits per heavy atom. The smallest absolute Gasteiger partial charge is 0.333 e. The zero-order valence-corrected chi connectivity index (χ0v) is 12.6. The van der Waals surface area contributed by atoms with Crippen LogP contribution in [0.1, 0.15) is 58.8 Å². The van der Waals surface area contributed by atoms with Crippen molar-refractivity contribution in [1.29, 1.82) is 0 Å². The molecule has 0 aromatic rings. The van der Waals surface area contributed by atoms with E-state index in [2.05, 4.69) is 0 Å². The zero-order chi connectivity index (χ0) is 13.5. The van der Waals surface area contributed by atoms with E-state index < -0.39 is 13.2 Å². The summed E-state index contributed by atoms with van der Waals surface area (Å²) in [5.41, 5.74) is -0.875. The van der Waals surface area contributed by atoms with Crippen molar-refractivity contribution < 1.29 is 18.7 Å². The molecule has 0 bridgehead atoms. The minimum absolute atomic E-state index is 0.141. The molecule has 1 saturated carbocycles. The highest BCUT2D eigenvalue weighted by Crippen LogP contribution is 2.52. The monoisotopic (exact) mass is 278 g/mol. The average Bonchev–Trinajstić information content (AvgIpc) is 2.25. The Bertz CT molecular complexity index is 262. The van der Waals surface area contributed by atoms with E-state index in [9.17, 15) is 9.67 Å². The van der Waals surface area contributed by atoms with Crippen LogP contribution in [-0.2, 0) is 13.6 Å². The van der Waals surface area contributed by atoms with Crippen molar-refractivity contribution in [3.05, 3.63) is 0 Å². The third-order valence-electron chi connectivity index (χ3n) is 3.42. The molecule has 18 heavy (non-hydrogen) atoms. The predicted molar refractivity (Wildman–Crippen MR) is 73.0 cm³/mol. The maximum Gasteiger partial charge on any atom is 0.333 e. The molecule has 1 aliphatic rings. The van der Waals surface area contributed by atoms with Crippen molar-refractivity contribution in [2.24, 2.45) is 0 Å². The Hall–Kier alpha value is 0.110. The standard InChI is InChI=1S/C13H27O4P/c1-3-16-18(15,17-4-2)12-13(14)10-8-6-5-7-9-11-13/h14H,3-12H2,1-2H3. The molecular weight excluding hydrogens is 251 g/mol. The van der Waals surface area contributed by atoms with Crippen LogP contribution < -0.4 is 0 Å². The van der Waals surface area contributed by atoms with Gasteiger partial charge in [0.25, 0.3) is 0 Å². The maximum atomic E-state index is 12.5. The molecule has 0 unspecified atom stereocenters. The molecule has 0 spiro atoms. The van der Waals surface area contributed by atoms with Gasteiger partial charge in [-0.3, -0.25) is 4.57 Å². The van der Waals surface area contributed by atoms with Crippen molar-refractivity contribution in [1.82, 2.24) is 0 Å². The summed E-state index contributed by atoms with van der Waals surface area (Å²) in [6, 6.07) is 0.